The summed E-state index contributed by atoms with van der Waals surface area (Å²) in [5.41, 5.74) is 0.415. The van der Waals surface area contributed by atoms with Crippen LogP contribution < -0.4 is 0 Å². The summed E-state index contributed by atoms with van der Waals surface area (Å²) in [6, 6.07) is 17.3. The summed E-state index contributed by atoms with van der Waals surface area (Å²) in [5.74, 6) is -2.36. The van der Waals surface area contributed by atoms with Crippen LogP contribution in [0, 0.1) is 11.8 Å². The number of amides is 3. The van der Waals surface area contributed by atoms with E-state index in [0.717, 1.165) is 30.4 Å². The molecule has 42 heavy (non-hydrogen) atoms. The Bertz CT molecular complexity index is 1360. The van der Waals surface area contributed by atoms with Gasteiger partial charge >= 0.3 is 0 Å². The lowest BCUT2D eigenvalue weighted by atomic mass is 9.77. The van der Waals surface area contributed by atoms with Gasteiger partial charge in [-0.2, -0.15) is 0 Å². The van der Waals surface area contributed by atoms with Crippen molar-refractivity contribution in [3.05, 3.63) is 96.1 Å². The van der Waals surface area contributed by atoms with Crippen molar-refractivity contribution >= 4 is 17.7 Å². The number of hydrogen-bond donors (Lipinski definition) is 1. The summed E-state index contributed by atoms with van der Waals surface area (Å²) in [5, 5.41) is 10.7. The molecule has 0 saturated carbocycles. The Morgan fingerprint density at radius 3 is 2.33 bits per heavy atom. The number of nitrogens with zero attached hydrogens (tertiary/aromatic N) is 3. The van der Waals surface area contributed by atoms with Crippen LogP contribution in [0.15, 0.2) is 85.0 Å². The number of ether oxygens (including phenoxy) is 1. The first-order valence-electron chi connectivity index (χ1n) is 15.1. The predicted octanol–water partition coefficient (Wildman–Crippen LogP) is 3.49. The Balaban J connectivity index is 1.42. The number of unbranched alkanes of at least 4 members (excludes halogenated alkanes) is 2. The van der Waals surface area contributed by atoms with Gasteiger partial charge in [-0.3, -0.25) is 14.4 Å². The fourth-order valence-electron chi connectivity index (χ4n) is 7.24. The Hall–Kier alpha value is -3.75. The zero-order chi connectivity index (χ0) is 29.3. The first-order chi connectivity index (χ1) is 20.5. The van der Waals surface area contributed by atoms with Crippen LogP contribution in [-0.2, 0) is 25.7 Å². The van der Waals surface area contributed by atoms with Crippen molar-refractivity contribution in [3.8, 4) is 0 Å². The van der Waals surface area contributed by atoms with Gasteiger partial charge < -0.3 is 24.5 Å². The van der Waals surface area contributed by atoms with Crippen molar-refractivity contribution in [3.63, 3.8) is 0 Å². The molecule has 4 heterocycles. The van der Waals surface area contributed by atoms with E-state index in [4.69, 9.17) is 4.74 Å². The smallest absolute Gasteiger partial charge is 0.249 e. The fourth-order valence-corrected chi connectivity index (χ4v) is 7.24. The molecule has 3 amide bonds. The quantitative estimate of drug-likeness (QED) is 0.369. The molecule has 0 bridgehead atoms. The molecule has 6 rings (SSSR count). The molecule has 220 valence electrons. The van der Waals surface area contributed by atoms with E-state index in [0.29, 0.717) is 26.2 Å². The van der Waals surface area contributed by atoms with E-state index in [1.165, 1.54) is 4.90 Å². The van der Waals surface area contributed by atoms with Gasteiger partial charge in [0.15, 0.2) is 0 Å². The minimum Gasteiger partial charge on any atom is -0.394 e. The molecular formula is C34H39N3O5. The average Bonchev–Trinajstić information content (AvgIpc) is 3.33. The van der Waals surface area contributed by atoms with Gasteiger partial charge in [0, 0.05) is 26.2 Å². The van der Waals surface area contributed by atoms with Crippen LogP contribution in [0.2, 0.25) is 0 Å². The fraction of sp³-hybridized carbons (Fsp3) is 0.441. The number of carbonyl (C=O) groups excluding carboxylic acids is 3. The van der Waals surface area contributed by atoms with Crippen molar-refractivity contribution in [2.45, 2.75) is 56.5 Å². The van der Waals surface area contributed by atoms with E-state index in [1.807, 2.05) is 85.0 Å². The number of likely N-dealkylation sites (tertiary alicyclic amines) is 1. The maximum Gasteiger partial charge on any atom is 0.249 e. The number of rotatable bonds is 9. The van der Waals surface area contributed by atoms with Gasteiger partial charge in [0.25, 0.3) is 0 Å². The molecular weight excluding hydrogens is 530 g/mol. The Kier molecular flexibility index (Phi) is 8.01. The highest BCUT2D eigenvalue weighted by Crippen LogP contribution is 2.55. The van der Waals surface area contributed by atoms with E-state index >= 15 is 0 Å². The molecule has 4 aliphatic rings. The lowest BCUT2D eigenvalue weighted by Crippen LogP contribution is -2.56. The molecule has 2 saturated heterocycles. The summed E-state index contributed by atoms with van der Waals surface area (Å²) in [4.78, 5) is 48.5. The van der Waals surface area contributed by atoms with Crippen LogP contribution in [0.25, 0.3) is 0 Å². The van der Waals surface area contributed by atoms with Crippen molar-refractivity contribution in [1.29, 1.82) is 0 Å². The number of fused-ring (bicyclic) bond motifs is 2. The van der Waals surface area contributed by atoms with Crippen LogP contribution in [0.5, 0.6) is 0 Å². The van der Waals surface area contributed by atoms with E-state index in [9.17, 15) is 19.5 Å². The van der Waals surface area contributed by atoms with Crippen LogP contribution in [0.1, 0.15) is 43.4 Å². The molecule has 8 nitrogen and oxygen atoms in total. The monoisotopic (exact) mass is 569 g/mol. The van der Waals surface area contributed by atoms with Crippen molar-refractivity contribution in [1.82, 2.24) is 14.7 Å². The highest BCUT2D eigenvalue weighted by molar-refractivity contribution is 6.00. The van der Waals surface area contributed by atoms with Gasteiger partial charge in [-0.05, 0) is 17.5 Å². The first-order valence-corrected chi connectivity index (χ1v) is 15.1. The zero-order valence-electron chi connectivity index (χ0n) is 24.0. The minimum atomic E-state index is -1.32. The minimum absolute atomic E-state index is 0.158. The Morgan fingerprint density at radius 2 is 1.62 bits per heavy atom. The lowest BCUT2D eigenvalue weighted by molar-refractivity contribution is -0.151. The van der Waals surface area contributed by atoms with E-state index in [2.05, 4.69) is 6.92 Å². The summed E-state index contributed by atoms with van der Waals surface area (Å²) >= 11 is 0. The van der Waals surface area contributed by atoms with Gasteiger partial charge in [0.05, 0.1) is 30.6 Å². The van der Waals surface area contributed by atoms with Crippen molar-refractivity contribution in [2.75, 3.05) is 26.2 Å². The summed E-state index contributed by atoms with van der Waals surface area (Å²) in [6.45, 7) is 3.57. The molecule has 0 aliphatic carbocycles. The standard InChI is InChI=1S/C34H39N3O5/c1-2-3-10-19-35-21-12-18-34-29(32(40)37(30(34)33(35)41)26(23-38)25-15-8-5-9-16-25)28-27(42-34)17-11-20-36(31(28)39)22-24-13-6-4-7-14-24/h4-9,11-18,26-30,38H,2-3,10,19-23H2,1H3/t26-,27-,28+,29+,30?,34+/m1/s1. The molecule has 2 fully saturated rings. The van der Waals surface area contributed by atoms with E-state index < -0.39 is 35.6 Å². The maximum absolute atomic E-state index is 14.7. The van der Waals surface area contributed by atoms with Crippen molar-refractivity contribution in [2.24, 2.45) is 11.8 Å². The third-order valence-electron chi connectivity index (χ3n) is 9.20. The highest BCUT2D eigenvalue weighted by atomic mass is 16.5. The summed E-state index contributed by atoms with van der Waals surface area (Å²) in [6.07, 6.45) is 9.86. The number of benzene rings is 2. The molecule has 0 aromatic heterocycles. The molecule has 6 atom stereocenters. The number of aliphatic hydroxyl groups is 1. The maximum atomic E-state index is 14.7. The predicted molar refractivity (Wildman–Crippen MR) is 158 cm³/mol. The van der Waals surface area contributed by atoms with Gasteiger partial charge in [-0.15, -0.1) is 0 Å². The summed E-state index contributed by atoms with van der Waals surface area (Å²) < 4.78 is 6.77. The molecule has 2 aromatic rings. The molecule has 1 unspecified atom stereocenters. The second-order valence-corrected chi connectivity index (χ2v) is 11.7. The summed E-state index contributed by atoms with van der Waals surface area (Å²) in [7, 11) is 0. The third kappa shape index (κ3) is 4.76. The SMILES string of the molecule is CCCCCN1CC=C[C@]23O[C@@H]4C=CCN(Cc5ccccc5)C(=O)[C@@H]4[C@H]2C(=O)N([C@H](CO)c2ccccc2)C3C1=O. The molecule has 8 heteroatoms. The molecule has 4 aliphatic heterocycles. The second kappa shape index (κ2) is 11.9. The molecule has 2 aromatic carbocycles. The van der Waals surface area contributed by atoms with Crippen molar-refractivity contribution < 1.29 is 24.2 Å². The van der Waals surface area contributed by atoms with Crippen LogP contribution in [0.4, 0.5) is 0 Å². The topological polar surface area (TPSA) is 90.4 Å². The zero-order valence-corrected chi connectivity index (χ0v) is 24.0. The number of hydrogen-bond acceptors (Lipinski definition) is 5. The van der Waals surface area contributed by atoms with Crippen LogP contribution in [-0.4, -0.2) is 81.5 Å². The Morgan fingerprint density at radius 1 is 0.905 bits per heavy atom. The lowest BCUT2D eigenvalue weighted by Gasteiger charge is -2.38. The molecule has 0 radical (unpaired) electrons. The van der Waals surface area contributed by atoms with E-state index in [1.54, 1.807) is 9.80 Å². The van der Waals surface area contributed by atoms with Gasteiger partial charge in [-0.1, -0.05) is 105 Å². The third-order valence-corrected chi connectivity index (χ3v) is 9.20. The number of carbonyl (C=O) groups is 3. The largest absolute Gasteiger partial charge is 0.394 e. The molecule has 1 spiro atoms. The van der Waals surface area contributed by atoms with Gasteiger partial charge in [0.2, 0.25) is 17.7 Å². The molecule has 1 N–H and O–H groups in total. The normalized spacial score (nSPS) is 29.3. The van der Waals surface area contributed by atoms with E-state index in [-0.39, 0.29) is 24.3 Å². The average molecular weight is 570 g/mol. The Labute approximate surface area is 247 Å². The second-order valence-electron chi connectivity index (χ2n) is 11.7. The van der Waals surface area contributed by atoms with Gasteiger partial charge in [-0.25, -0.2) is 0 Å². The van der Waals surface area contributed by atoms with Gasteiger partial charge in [0.1, 0.15) is 11.6 Å². The first kappa shape index (κ1) is 28.4. The van der Waals surface area contributed by atoms with Crippen LogP contribution in [0.3, 0.4) is 0 Å². The highest BCUT2D eigenvalue weighted by Gasteiger charge is 2.72. The van der Waals surface area contributed by atoms with Crippen LogP contribution >= 0.6 is 0 Å². The number of aliphatic hydroxyl groups excluding tert-OH is 1.